The predicted molar refractivity (Wildman–Crippen MR) is 135 cm³/mol. The molecule has 4 heteroatoms. The van der Waals surface area contributed by atoms with Gasteiger partial charge in [0.1, 0.15) is 5.82 Å². The van der Waals surface area contributed by atoms with Crippen LogP contribution in [-0.2, 0) is 24.2 Å². The van der Waals surface area contributed by atoms with Gasteiger partial charge in [0, 0.05) is 19.5 Å². The van der Waals surface area contributed by atoms with Crippen LogP contribution in [0, 0.1) is 13.8 Å². The van der Waals surface area contributed by atoms with Crippen LogP contribution >= 0.6 is 0 Å². The van der Waals surface area contributed by atoms with E-state index in [0.717, 1.165) is 55.7 Å². The first-order chi connectivity index (χ1) is 16.1. The number of benzene rings is 3. The molecule has 33 heavy (non-hydrogen) atoms. The summed E-state index contributed by atoms with van der Waals surface area (Å²) in [7, 11) is 0. The van der Waals surface area contributed by atoms with Crippen LogP contribution in [0.4, 0.5) is 0 Å². The maximum absolute atomic E-state index is 12.2. The molecule has 0 bridgehead atoms. The SMILES string of the molecule is Cc1ccc(Cn2c(CCCCCNC(=O)Cc3ccccc3C)nc3ccccc32)cc1. The van der Waals surface area contributed by atoms with Gasteiger partial charge in [-0.3, -0.25) is 4.79 Å². The van der Waals surface area contributed by atoms with Crippen LogP contribution in [0.3, 0.4) is 0 Å². The molecule has 1 N–H and O–H groups in total. The first kappa shape index (κ1) is 22.8. The van der Waals surface area contributed by atoms with Crippen molar-refractivity contribution < 1.29 is 4.79 Å². The fraction of sp³-hybridized carbons (Fsp3) is 0.310. The average Bonchev–Trinajstić information content (AvgIpc) is 3.16. The highest BCUT2D eigenvalue weighted by Crippen LogP contribution is 2.20. The van der Waals surface area contributed by atoms with Crippen molar-refractivity contribution in [1.82, 2.24) is 14.9 Å². The molecule has 0 radical (unpaired) electrons. The number of amides is 1. The number of hydrogen-bond donors (Lipinski definition) is 1. The number of carbonyl (C=O) groups is 1. The molecule has 0 spiro atoms. The molecule has 170 valence electrons. The summed E-state index contributed by atoms with van der Waals surface area (Å²) in [6.45, 7) is 5.73. The number of nitrogens with one attached hydrogen (secondary N) is 1. The van der Waals surface area contributed by atoms with E-state index in [0.29, 0.717) is 6.42 Å². The zero-order valence-corrected chi connectivity index (χ0v) is 19.7. The molecule has 0 atom stereocenters. The summed E-state index contributed by atoms with van der Waals surface area (Å²) >= 11 is 0. The number of rotatable bonds is 10. The maximum atomic E-state index is 12.2. The monoisotopic (exact) mass is 439 g/mol. The van der Waals surface area contributed by atoms with Gasteiger partial charge in [-0.25, -0.2) is 4.98 Å². The molecule has 0 saturated heterocycles. The van der Waals surface area contributed by atoms with Gasteiger partial charge < -0.3 is 9.88 Å². The molecule has 0 fully saturated rings. The van der Waals surface area contributed by atoms with Gasteiger partial charge in [-0.2, -0.15) is 0 Å². The number of aryl methyl sites for hydroxylation is 3. The maximum Gasteiger partial charge on any atom is 0.224 e. The molecule has 4 aromatic rings. The molecule has 0 aliphatic heterocycles. The summed E-state index contributed by atoms with van der Waals surface area (Å²) in [4.78, 5) is 17.2. The number of carbonyl (C=O) groups excluding carboxylic acids is 1. The van der Waals surface area contributed by atoms with Crippen LogP contribution in [0.5, 0.6) is 0 Å². The van der Waals surface area contributed by atoms with Crippen molar-refractivity contribution in [3.05, 3.63) is 101 Å². The fourth-order valence-electron chi connectivity index (χ4n) is 4.23. The minimum Gasteiger partial charge on any atom is -0.356 e. The van der Waals surface area contributed by atoms with Crippen molar-refractivity contribution in [1.29, 1.82) is 0 Å². The molecule has 3 aromatic carbocycles. The molecule has 1 aromatic heterocycles. The number of imidazole rings is 1. The lowest BCUT2D eigenvalue weighted by Gasteiger charge is -2.10. The van der Waals surface area contributed by atoms with Crippen molar-refractivity contribution >= 4 is 16.9 Å². The first-order valence-electron chi connectivity index (χ1n) is 11.9. The molecule has 0 unspecified atom stereocenters. The molecule has 4 nitrogen and oxygen atoms in total. The van der Waals surface area contributed by atoms with Crippen molar-refractivity contribution in [2.75, 3.05) is 6.54 Å². The van der Waals surface area contributed by atoms with E-state index in [2.05, 4.69) is 78.3 Å². The number of aromatic nitrogens is 2. The third kappa shape index (κ3) is 6.10. The van der Waals surface area contributed by atoms with E-state index in [4.69, 9.17) is 4.98 Å². The first-order valence-corrected chi connectivity index (χ1v) is 11.9. The van der Waals surface area contributed by atoms with Crippen molar-refractivity contribution in [2.45, 2.75) is 52.5 Å². The molecule has 4 rings (SSSR count). The average molecular weight is 440 g/mol. The van der Waals surface area contributed by atoms with E-state index in [1.807, 2.05) is 18.2 Å². The lowest BCUT2D eigenvalue weighted by molar-refractivity contribution is -0.120. The van der Waals surface area contributed by atoms with Gasteiger partial charge >= 0.3 is 0 Å². The molecule has 0 aliphatic rings. The lowest BCUT2D eigenvalue weighted by Crippen LogP contribution is -2.26. The van der Waals surface area contributed by atoms with Crippen molar-refractivity contribution in [3.63, 3.8) is 0 Å². The Bertz CT molecular complexity index is 1210. The van der Waals surface area contributed by atoms with E-state index < -0.39 is 0 Å². The largest absolute Gasteiger partial charge is 0.356 e. The normalized spacial score (nSPS) is 11.1. The Morgan fingerprint density at radius 2 is 1.64 bits per heavy atom. The minimum atomic E-state index is 0.101. The zero-order chi connectivity index (χ0) is 23.0. The van der Waals surface area contributed by atoms with Gasteiger partial charge in [-0.05, 0) is 55.5 Å². The lowest BCUT2D eigenvalue weighted by atomic mass is 10.1. The highest BCUT2D eigenvalue weighted by Gasteiger charge is 2.11. The van der Waals surface area contributed by atoms with Gasteiger partial charge in [0.25, 0.3) is 0 Å². The summed E-state index contributed by atoms with van der Waals surface area (Å²) in [6, 6.07) is 25.2. The zero-order valence-electron chi connectivity index (χ0n) is 19.7. The fourth-order valence-corrected chi connectivity index (χ4v) is 4.23. The topological polar surface area (TPSA) is 46.9 Å². The highest BCUT2D eigenvalue weighted by molar-refractivity contribution is 5.79. The third-order valence-corrected chi connectivity index (χ3v) is 6.21. The van der Waals surface area contributed by atoms with Crippen LogP contribution in [0.1, 0.15) is 47.3 Å². The van der Waals surface area contributed by atoms with E-state index in [1.165, 1.54) is 22.2 Å². The standard InChI is InChI=1S/C29H33N3O/c1-22-15-17-24(18-16-22)21-32-27-13-8-7-12-26(27)31-28(32)14-4-3-9-19-30-29(33)20-25-11-6-5-10-23(25)2/h5-8,10-13,15-18H,3-4,9,14,19-21H2,1-2H3,(H,30,33). The Morgan fingerprint density at radius 3 is 2.45 bits per heavy atom. The van der Waals surface area contributed by atoms with Crippen LogP contribution in [0.25, 0.3) is 11.0 Å². The summed E-state index contributed by atoms with van der Waals surface area (Å²) < 4.78 is 2.35. The molecule has 0 saturated carbocycles. The Labute approximate surface area is 196 Å². The van der Waals surface area contributed by atoms with Gasteiger partial charge in [0.2, 0.25) is 5.91 Å². The quantitative estimate of drug-likeness (QED) is 0.319. The van der Waals surface area contributed by atoms with E-state index >= 15 is 0 Å². The number of unbranched alkanes of at least 4 members (excludes halogenated alkanes) is 2. The van der Waals surface area contributed by atoms with Crippen molar-refractivity contribution in [2.24, 2.45) is 0 Å². The van der Waals surface area contributed by atoms with Crippen LogP contribution in [0.15, 0.2) is 72.8 Å². The molecular formula is C29H33N3O. The predicted octanol–water partition coefficient (Wildman–Crippen LogP) is 5.77. The molecule has 1 heterocycles. The smallest absolute Gasteiger partial charge is 0.224 e. The Morgan fingerprint density at radius 1 is 0.879 bits per heavy atom. The number of hydrogen-bond acceptors (Lipinski definition) is 2. The van der Waals surface area contributed by atoms with Gasteiger partial charge in [0.05, 0.1) is 17.5 Å². The van der Waals surface area contributed by atoms with Crippen LogP contribution < -0.4 is 5.32 Å². The minimum absolute atomic E-state index is 0.101. The number of nitrogens with zero attached hydrogens (tertiary/aromatic N) is 2. The summed E-state index contributed by atoms with van der Waals surface area (Å²) in [5.41, 5.74) is 7.09. The molecule has 1 amide bonds. The van der Waals surface area contributed by atoms with Crippen molar-refractivity contribution in [3.8, 4) is 0 Å². The second-order valence-electron chi connectivity index (χ2n) is 8.85. The van der Waals surface area contributed by atoms with Gasteiger partial charge in [-0.15, -0.1) is 0 Å². The number of para-hydroxylation sites is 2. The van der Waals surface area contributed by atoms with E-state index in [9.17, 15) is 4.79 Å². The second kappa shape index (κ2) is 11.0. The van der Waals surface area contributed by atoms with E-state index in [-0.39, 0.29) is 5.91 Å². The molecular weight excluding hydrogens is 406 g/mol. The number of fused-ring (bicyclic) bond motifs is 1. The Kier molecular flexibility index (Phi) is 7.56. The van der Waals surface area contributed by atoms with Crippen LogP contribution in [-0.4, -0.2) is 22.0 Å². The summed E-state index contributed by atoms with van der Waals surface area (Å²) in [5.74, 6) is 1.24. The Balaban J connectivity index is 1.28. The van der Waals surface area contributed by atoms with Gasteiger partial charge in [-0.1, -0.05) is 72.6 Å². The summed E-state index contributed by atoms with van der Waals surface area (Å²) in [6.07, 6.45) is 4.51. The van der Waals surface area contributed by atoms with E-state index in [1.54, 1.807) is 0 Å². The van der Waals surface area contributed by atoms with Crippen LogP contribution in [0.2, 0.25) is 0 Å². The van der Waals surface area contributed by atoms with Gasteiger partial charge in [0.15, 0.2) is 0 Å². The second-order valence-corrected chi connectivity index (χ2v) is 8.85. The summed E-state index contributed by atoms with van der Waals surface area (Å²) in [5, 5.41) is 3.07. The highest BCUT2D eigenvalue weighted by atomic mass is 16.1. The third-order valence-electron chi connectivity index (χ3n) is 6.21. The Hall–Kier alpha value is -3.40. The molecule has 0 aliphatic carbocycles.